The fourth-order valence-corrected chi connectivity index (χ4v) is 2.22. The average Bonchev–Trinajstić information content (AvgIpc) is 2.29. The molecule has 1 aromatic rings. The summed E-state index contributed by atoms with van der Waals surface area (Å²) in [7, 11) is -4.35. The van der Waals surface area contributed by atoms with E-state index in [1.807, 2.05) is 0 Å². The second-order valence-corrected chi connectivity index (χ2v) is 6.11. The lowest BCUT2D eigenvalue weighted by molar-refractivity contribution is -0.122. The van der Waals surface area contributed by atoms with E-state index < -0.39 is 32.3 Å². The van der Waals surface area contributed by atoms with Gasteiger partial charge in [0.25, 0.3) is 0 Å². The number of hydrogen-bond acceptors (Lipinski definition) is 4. The first-order valence-corrected chi connectivity index (χ1v) is 7.60. The fraction of sp³-hybridized carbons (Fsp3) is 0.417. The minimum Gasteiger partial charge on any atom is -0.489 e. The minimum absolute atomic E-state index is 0.0694. The molecular weight excluding hydrogens is 306 g/mol. The Hall–Kier alpha value is -1.74. The van der Waals surface area contributed by atoms with E-state index >= 15 is 0 Å². The zero-order valence-corrected chi connectivity index (χ0v) is 12.3. The topological polar surface area (TPSA) is 98.5 Å². The molecular formula is C12H16F2N2O4S. The van der Waals surface area contributed by atoms with Crippen LogP contribution in [0.2, 0.25) is 0 Å². The maximum atomic E-state index is 13.6. The summed E-state index contributed by atoms with van der Waals surface area (Å²) in [5, 5.41) is 7.45. The molecule has 0 saturated carbocycles. The van der Waals surface area contributed by atoms with Crippen molar-refractivity contribution in [3.8, 4) is 5.75 Å². The molecule has 0 heterocycles. The highest BCUT2D eigenvalue weighted by Gasteiger charge is 2.21. The number of nitrogens with one attached hydrogen (secondary N) is 1. The van der Waals surface area contributed by atoms with Gasteiger partial charge in [0.2, 0.25) is 15.9 Å². The van der Waals surface area contributed by atoms with Gasteiger partial charge in [0.05, 0.1) is 13.0 Å². The van der Waals surface area contributed by atoms with E-state index in [-0.39, 0.29) is 25.0 Å². The molecule has 1 aromatic carbocycles. The number of benzene rings is 1. The summed E-state index contributed by atoms with van der Waals surface area (Å²) in [6.07, 6.45) is -0.112. The van der Waals surface area contributed by atoms with E-state index in [1.54, 1.807) is 13.8 Å². The van der Waals surface area contributed by atoms with Gasteiger partial charge < -0.3 is 10.1 Å². The number of nitrogens with two attached hydrogens (primary N) is 1. The zero-order valence-electron chi connectivity index (χ0n) is 11.5. The molecule has 1 rings (SSSR count). The monoisotopic (exact) mass is 322 g/mol. The van der Waals surface area contributed by atoms with E-state index in [0.29, 0.717) is 12.1 Å². The molecule has 0 radical (unpaired) electrons. The summed E-state index contributed by atoms with van der Waals surface area (Å²) in [6.45, 7) is 3.25. The normalized spacial score (nSPS) is 11.5. The van der Waals surface area contributed by atoms with Crippen LogP contribution in [-0.4, -0.2) is 27.0 Å². The maximum Gasteiger partial charge on any atom is 0.241 e. The van der Waals surface area contributed by atoms with Crippen LogP contribution in [0.5, 0.6) is 5.75 Å². The predicted octanol–water partition coefficient (Wildman–Crippen LogP) is 0.906. The smallest absolute Gasteiger partial charge is 0.241 e. The third-order valence-electron chi connectivity index (χ3n) is 2.31. The largest absolute Gasteiger partial charge is 0.489 e. The average molecular weight is 322 g/mol. The third-order valence-corrected chi connectivity index (χ3v) is 3.22. The highest BCUT2D eigenvalue weighted by Crippen LogP contribution is 2.27. The molecule has 118 valence electrons. The number of rotatable bonds is 6. The number of primary sulfonamides is 1. The SMILES string of the molecule is CC(C)NC(=O)CCOc1c(F)cc(F)cc1S(N)(=O)=O. The van der Waals surface area contributed by atoms with Gasteiger partial charge in [0.1, 0.15) is 10.7 Å². The molecule has 0 aliphatic carbocycles. The first-order valence-electron chi connectivity index (χ1n) is 6.05. The molecule has 0 aliphatic heterocycles. The number of hydrogen-bond donors (Lipinski definition) is 2. The summed E-state index contributed by atoms with van der Waals surface area (Å²) >= 11 is 0. The van der Waals surface area contributed by atoms with Crippen molar-refractivity contribution in [2.45, 2.75) is 31.2 Å². The second kappa shape index (κ2) is 6.81. The van der Waals surface area contributed by atoms with Gasteiger partial charge in [0, 0.05) is 12.1 Å². The number of ether oxygens (including phenoxy) is 1. The first-order chi connectivity index (χ1) is 9.61. The number of carbonyl (C=O) groups excluding carboxylic acids is 1. The van der Waals surface area contributed by atoms with Crippen molar-refractivity contribution in [3.05, 3.63) is 23.8 Å². The van der Waals surface area contributed by atoms with Gasteiger partial charge in [0.15, 0.2) is 11.6 Å². The molecule has 6 nitrogen and oxygen atoms in total. The van der Waals surface area contributed by atoms with Gasteiger partial charge in [-0.1, -0.05) is 0 Å². The molecule has 9 heteroatoms. The number of sulfonamides is 1. The molecule has 0 spiro atoms. The van der Waals surface area contributed by atoms with E-state index in [0.717, 1.165) is 0 Å². The van der Waals surface area contributed by atoms with Crippen molar-refractivity contribution < 1.29 is 26.7 Å². The third kappa shape index (κ3) is 5.27. The molecule has 0 fully saturated rings. The van der Waals surface area contributed by atoms with Crippen molar-refractivity contribution in [1.82, 2.24) is 5.32 Å². The summed E-state index contributed by atoms with van der Waals surface area (Å²) in [6, 6.07) is 0.959. The van der Waals surface area contributed by atoms with E-state index in [2.05, 4.69) is 5.32 Å². The van der Waals surface area contributed by atoms with Crippen molar-refractivity contribution in [1.29, 1.82) is 0 Å². The fourth-order valence-electron chi connectivity index (χ4n) is 1.53. The van der Waals surface area contributed by atoms with Crippen molar-refractivity contribution >= 4 is 15.9 Å². The Morgan fingerprint density at radius 1 is 1.38 bits per heavy atom. The lowest BCUT2D eigenvalue weighted by Crippen LogP contribution is -2.31. The van der Waals surface area contributed by atoms with Gasteiger partial charge in [-0.15, -0.1) is 0 Å². The molecule has 3 N–H and O–H groups in total. The standard InChI is InChI=1S/C12H16F2N2O4S/c1-7(2)16-11(17)3-4-20-12-9(14)5-8(13)6-10(12)21(15,18)19/h5-7H,3-4H2,1-2H3,(H,16,17)(H2,15,18,19). The van der Waals surface area contributed by atoms with Crippen LogP contribution in [0.25, 0.3) is 0 Å². The molecule has 0 atom stereocenters. The molecule has 0 saturated heterocycles. The summed E-state index contributed by atoms with van der Waals surface area (Å²) < 4.78 is 54.2. The van der Waals surface area contributed by atoms with Gasteiger partial charge in [-0.05, 0) is 19.9 Å². The quantitative estimate of drug-likeness (QED) is 0.813. The Bertz CT molecular complexity index is 632. The predicted molar refractivity (Wildman–Crippen MR) is 71.1 cm³/mol. The van der Waals surface area contributed by atoms with Crippen LogP contribution in [0, 0.1) is 11.6 Å². The Morgan fingerprint density at radius 2 is 2.00 bits per heavy atom. The highest BCUT2D eigenvalue weighted by atomic mass is 32.2. The van der Waals surface area contributed by atoms with Crippen LogP contribution in [-0.2, 0) is 14.8 Å². The van der Waals surface area contributed by atoms with Gasteiger partial charge in [-0.25, -0.2) is 22.3 Å². The minimum atomic E-state index is -4.35. The zero-order chi connectivity index (χ0) is 16.2. The lowest BCUT2D eigenvalue weighted by Gasteiger charge is -2.12. The van der Waals surface area contributed by atoms with E-state index in [1.165, 1.54) is 0 Å². The first kappa shape index (κ1) is 17.3. The Labute approximate surface area is 121 Å². The molecule has 0 aromatic heterocycles. The second-order valence-electron chi connectivity index (χ2n) is 4.58. The lowest BCUT2D eigenvalue weighted by atomic mass is 10.3. The molecule has 0 aliphatic rings. The van der Waals surface area contributed by atoms with E-state index in [4.69, 9.17) is 9.88 Å². The van der Waals surface area contributed by atoms with Crippen molar-refractivity contribution in [2.75, 3.05) is 6.61 Å². The summed E-state index contributed by atoms with van der Waals surface area (Å²) in [5.41, 5.74) is 0. The van der Waals surface area contributed by atoms with Crippen LogP contribution >= 0.6 is 0 Å². The van der Waals surface area contributed by atoms with Crippen LogP contribution in [0.15, 0.2) is 17.0 Å². The van der Waals surface area contributed by atoms with Gasteiger partial charge in [-0.2, -0.15) is 0 Å². The number of amides is 1. The van der Waals surface area contributed by atoms with Crippen LogP contribution in [0.1, 0.15) is 20.3 Å². The summed E-state index contributed by atoms with van der Waals surface area (Å²) in [5.74, 6) is -3.34. The van der Waals surface area contributed by atoms with Crippen LogP contribution < -0.4 is 15.2 Å². The molecule has 1 amide bonds. The van der Waals surface area contributed by atoms with Crippen LogP contribution in [0.3, 0.4) is 0 Å². The number of halogens is 2. The Balaban J connectivity index is 2.87. The van der Waals surface area contributed by atoms with Gasteiger partial charge in [-0.3, -0.25) is 4.79 Å². The maximum absolute atomic E-state index is 13.6. The Kier molecular flexibility index (Phi) is 5.62. The van der Waals surface area contributed by atoms with Gasteiger partial charge >= 0.3 is 0 Å². The van der Waals surface area contributed by atoms with Crippen molar-refractivity contribution in [3.63, 3.8) is 0 Å². The van der Waals surface area contributed by atoms with Crippen LogP contribution in [0.4, 0.5) is 8.78 Å². The summed E-state index contributed by atoms with van der Waals surface area (Å²) in [4.78, 5) is 10.6. The molecule has 21 heavy (non-hydrogen) atoms. The highest BCUT2D eigenvalue weighted by molar-refractivity contribution is 7.89. The molecule has 0 unspecified atom stereocenters. The molecule has 0 bridgehead atoms. The van der Waals surface area contributed by atoms with Crippen molar-refractivity contribution in [2.24, 2.45) is 5.14 Å². The number of carbonyl (C=O) groups is 1. The van der Waals surface area contributed by atoms with E-state index in [9.17, 15) is 22.0 Å². The Morgan fingerprint density at radius 3 is 2.52 bits per heavy atom.